The normalized spacial score (nSPS) is 12.3. The molecule has 2 aromatic rings. The second-order valence-corrected chi connectivity index (χ2v) is 9.41. The summed E-state index contributed by atoms with van der Waals surface area (Å²) in [7, 11) is -6.98. The van der Waals surface area contributed by atoms with Crippen LogP contribution in [0.15, 0.2) is 29.2 Å². The van der Waals surface area contributed by atoms with Crippen LogP contribution in [-0.4, -0.2) is 39.8 Å². The van der Waals surface area contributed by atoms with Gasteiger partial charge in [0, 0.05) is 13.0 Å². The summed E-state index contributed by atoms with van der Waals surface area (Å²) in [5.41, 5.74) is 0.976. The second kappa shape index (κ2) is 6.91. The number of hydrogen-bond donors (Lipinski definition) is 2. The van der Waals surface area contributed by atoms with Crippen LogP contribution >= 0.6 is 11.3 Å². The zero-order chi connectivity index (χ0) is 17.1. The first kappa shape index (κ1) is 17.8. The summed E-state index contributed by atoms with van der Waals surface area (Å²) < 4.78 is 51.0. The van der Waals surface area contributed by atoms with E-state index < -0.39 is 20.0 Å². The molecule has 23 heavy (non-hydrogen) atoms. The maximum Gasteiger partial charge on any atom is 0.240 e. The molecule has 126 valence electrons. The molecule has 8 nitrogen and oxygen atoms in total. The van der Waals surface area contributed by atoms with E-state index >= 15 is 0 Å². The van der Waals surface area contributed by atoms with Crippen LogP contribution < -0.4 is 9.44 Å². The highest BCUT2D eigenvalue weighted by Crippen LogP contribution is 2.16. The Labute approximate surface area is 139 Å². The number of benzene rings is 1. The number of aromatic nitrogens is 2. The number of aryl methyl sites for hydroxylation is 1. The van der Waals surface area contributed by atoms with Crippen LogP contribution in [0.5, 0.6) is 0 Å². The molecular formula is C12H16N4O4S3. The standard InChI is InChI=1S/C12H16N4O4S3/c1-9-3-5-10(6-4-9)23(19,20)13-8-7-11-14-15-12(21-11)16-22(2,17)18/h3-6,13H,7-8H2,1-2H3,(H,15,16). The fourth-order valence-electron chi connectivity index (χ4n) is 1.65. The smallest absolute Gasteiger partial charge is 0.240 e. The van der Waals surface area contributed by atoms with Crippen LogP contribution in [0.1, 0.15) is 10.6 Å². The highest BCUT2D eigenvalue weighted by Gasteiger charge is 2.14. The molecule has 0 aliphatic rings. The van der Waals surface area contributed by atoms with Crippen molar-refractivity contribution in [2.24, 2.45) is 0 Å². The van der Waals surface area contributed by atoms with Gasteiger partial charge in [-0.1, -0.05) is 29.0 Å². The number of sulfonamides is 2. The third-order valence-electron chi connectivity index (χ3n) is 2.70. The van der Waals surface area contributed by atoms with Crippen molar-refractivity contribution < 1.29 is 16.8 Å². The van der Waals surface area contributed by atoms with Crippen LogP contribution in [0.25, 0.3) is 0 Å². The zero-order valence-corrected chi connectivity index (χ0v) is 14.9. The number of nitrogens with one attached hydrogen (secondary N) is 2. The van der Waals surface area contributed by atoms with E-state index in [0.717, 1.165) is 23.2 Å². The van der Waals surface area contributed by atoms with E-state index in [-0.39, 0.29) is 16.6 Å². The summed E-state index contributed by atoms with van der Waals surface area (Å²) in [6.45, 7) is 2.02. The van der Waals surface area contributed by atoms with Gasteiger partial charge in [0.2, 0.25) is 25.2 Å². The van der Waals surface area contributed by atoms with E-state index in [2.05, 4.69) is 19.6 Å². The molecule has 0 atom stereocenters. The van der Waals surface area contributed by atoms with Crippen molar-refractivity contribution in [1.82, 2.24) is 14.9 Å². The molecule has 2 N–H and O–H groups in total. The first-order valence-corrected chi connectivity index (χ1v) is 10.7. The summed E-state index contributed by atoms with van der Waals surface area (Å²) in [5.74, 6) is 0. The SMILES string of the molecule is Cc1ccc(S(=O)(=O)NCCc2nnc(NS(C)(=O)=O)s2)cc1. The first-order chi connectivity index (χ1) is 10.7. The summed E-state index contributed by atoms with van der Waals surface area (Å²) in [5, 5.41) is 8.18. The van der Waals surface area contributed by atoms with Crippen molar-refractivity contribution in [3.8, 4) is 0 Å². The maximum absolute atomic E-state index is 12.1. The Morgan fingerprint density at radius 2 is 1.74 bits per heavy atom. The lowest BCUT2D eigenvalue weighted by molar-refractivity contribution is 0.581. The molecule has 0 radical (unpaired) electrons. The molecule has 11 heteroatoms. The minimum absolute atomic E-state index is 0.143. The van der Waals surface area contributed by atoms with Gasteiger partial charge in [-0.2, -0.15) is 0 Å². The zero-order valence-electron chi connectivity index (χ0n) is 12.5. The van der Waals surface area contributed by atoms with Gasteiger partial charge in [0.15, 0.2) is 0 Å². The molecule has 0 amide bonds. The summed E-state index contributed by atoms with van der Waals surface area (Å²) in [6, 6.07) is 6.53. The molecule has 0 spiro atoms. The first-order valence-electron chi connectivity index (χ1n) is 6.52. The summed E-state index contributed by atoms with van der Waals surface area (Å²) >= 11 is 1.06. The molecule has 1 aromatic heterocycles. The molecule has 1 aromatic carbocycles. The fraction of sp³-hybridized carbons (Fsp3) is 0.333. The van der Waals surface area contributed by atoms with E-state index in [0.29, 0.717) is 11.4 Å². The van der Waals surface area contributed by atoms with E-state index in [1.54, 1.807) is 12.1 Å². The Morgan fingerprint density at radius 1 is 1.09 bits per heavy atom. The molecule has 2 rings (SSSR count). The van der Waals surface area contributed by atoms with Crippen molar-refractivity contribution in [3.05, 3.63) is 34.8 Å². The van der Waals surface area contributed by atoms with Crippen molar-refractivity contribution in [2.75, 3.05) is 17.5 Å². The van der Waals surface area contributed by atoms with E-state index in [1.807, 2.05) is 6.92 Å². The highest BCUT2D eigenvalue weighted by molar-refractivity contribution is 7.92. The maximum atomic E-state index is 12.1. The van der Waals surface area contributed by atoms with E-state index in [1.165, 1.54) is 12.1 Å². The van der Waals surface area contributed by atoms with Gasteiger partial charge in [-0.15, -0.1) is 10.2 Å². The lowest BCUT2D eigenvalue weighted by atomic mass is 10.2. The van der Waals surface area contributed by atoms with E-state index in [4.69, 9.17) is 0 Å². The summed E-state index contributed by atoms with van der Waals surface area (Å²) in [4.78, 5) is 0.194. The van der Waals surface area contributed by atoms with Gasteiger partial charge in [-0.05, 0) is 19.1 Å². The van der Waals surface area contributed by atoms with Crippen molar-refractivity contribution >= 4 is 36.5 Å². The van der Waals surface area contributed by atoms with Crippen LogP contribution in [0, 0.1) is 6.92 Å². The molecular weight excluding hydrogens is 360 g/mol. The van der Waals surface area contributed by atoms with Gasteiger partial charge in [0.1, 0.15) is 5.01 Å². The Hall–Kier alpha value is -1.56. The van der Waals surface area contributed by atoms with Gasteiger partial charge in [-0.3, -0.25) is 4.72 Å². The van der Waals surface area contributed by atoms with Crippen molar-refractivity contribution in [2.45, 2.75) is 18.2 Å². The summed E-state index contributed by atoms with van der Waals surface area (Å²) in [6.07, 6.45) is 1.33. The molecule has 0 aliphatic heterocycles. The number of rotatable bonds is 7. The second-order valence-electron chi connectivity index (χ2n) is 4.84. The van der Waals surface area contributed by atoms with Gasteiger partial charge >= 0.3 is 0 Å². The minimum atomic E-state index is -3.57. The Morgan fingerprint density at radius 3 is 2.35 bits per heavy atom. The van der Waals surface area contributed by atoms with Crippen molar-refractivity contribution in [1.29, 1.82) is 0 Å². The molecule has 0 unspecified atom stereocenters. The number of anilines is 1. The van der Waals surface area contributed by atoms with Gasteiger partial charge in [0.05, 0.1) is 11.2 Å². The van der Waals surface area contributed by atoms with Crippen LogP contribution in [0.4, 0.5) is 5.13 Å². The lowest BCUT2D eigenvalue weighted by Gasteiger charge is -2.05. The average molecular weight is 376 g/mol. The Kier molecular flexibility index (Phi) is 5.34. The van der Waals surface area contributed by atoms with Gasteiger partial charge < -0.3 is 0 Å². The molecule has 0 saturated carbocycles. The third kappa shape index (κ3) is 5.53. The average Bonchev–Trinajstić information content (AvgIpc) is 2.84. The molecule has 0 fully saturated rings. The molecule has 1 heterocycles. The number of nitrogens with zero attached hydrogens (tertiary/aromatic N) is 2. The lowest BCUT2D eigenvalue weighted by Crippen LogP contribution is -2.25. The number of hydrogen-bond acceptors (Lipinski definition) is 7. The van der Waals surface area contributed by atoms with Crippen LogP contribution in [0.3, 0.4) is 0 Å². The van der Waals surface area contributed by atoms with E-state index in [9.17, 15) is 16.8 Å². The third-order valence-corrected chi connectivity index (χ3v) is 5.77. The molecule has 0 bridgehead atoms. The van der Waals surface area contributed by atoms with Crippen LogP contribution in [-0.2, 0) is 26.5 Å². The quantitative estimate of drug-likeness (QED) is 0.736. The Balaban J connectivity index is 1.93. The van der Waals surface area contributed by atoms with Gasteiger partial charge in [-0.25, -0.2) is 21.6 Å². The predicted molar refractivity (Wildman–Crippen MR) is 88.4 cm³/mol. The van der Waals surface area contributed by atoms with Crippen molar-refractivity contribution in [3.63, 3.8) is 0 Å². The van der Waals surface area contributed by atoms with Gasteiger partial charge in [0.25, 0.3) is 0 Å². The monoisotopic (exact) mass is 376 g/mol. The highest BCUT2D eigenvalue weighted by atomic mass is 32.2. The molecule has 0 saturated heterocycles. The topological polar surface area (TPSA) is 118 Å². The van der Waals surface area contributed by atoms with Crippen LogP contribution in [0.2, 0.25) is 0 Å². The largest absolute Gasteiger partial charge is 0.257 e. The fourth-order valence-corrected chi connectivity index (χ4v) is 4.25. The molecule has 0 aliphatic carbocycles. The minimum Gasteiger partial charge on any atom is -0.257 e. The Bertz CT molecular complexity index is 873. The predicted octanol–water partition coefficient (Wildman–Crippen LogP) is 0.739.